The molecule has 0 saturated carbocycles. The minimum atomic E-state index is -0.103. The van der Waals surface area contributed by atoms with E-state index in [9.17, 15) is 5.11 Å². The topological polar surface area (TPSA) is 69.6 Å². The summed E-state index contributed by atoms with van der Waals surface area (Å²) in [4.78, 5) is 8.99. The van der Waals surface area contributed by atoms with Crippen molar-refractivity contribution in [2.45, 2.75) is 19.3 Å². The van der Waals surface area contributed by atoms with Gasteiger partial charge in [0.25, 0.3) is 0 Å². The summed E-state index contributed by atoms with van der Waals surface area (Å²) in [5, 5.41) is 13.7. The van der Waals surface area contributed by atoms with Crippen molar-refractivity contribution in [2.75, 3.05) is 51.5 Å². The number of hydrogen-bond donors (Lipinski definition) is 2. The summed E-state index contributed by atoms with van der Waals surface area (Å²) in [5.41, 5.74) is 1.98. The smallest absolute Gasteiger partial charge is 0.231 e. The van der Waals surface area contributed by atoms with Crippen molar-refractivity contribution < 1.29 is 14.6 Å². The van der Waals surface area contributed by atoms with Crippen LogP contribution in [0.15, 0.2) is 47.5 Å². The van der Waals surface area contributed by atoms with Crippen molar-refractivity contribution in [2.24, 2.45) is 4.99 Å². The summed E-state index contributed by atoms with van der Waals surface area (Å²) in [6.45, 7) is 8.82. The van der Waals surface area contributed by atoms with Crippen molar-refractivity contribution in [1.82, 2.24) is 10.2 Å². The van der Waals surface area contributed by atoms with Gasteiger partial charge in [0.2, 0.25) is 6.79 Å². The van der Waals surface area contributed by atoms with Crippen LogP contribution in [0.4, 0.5) is 5.69 Å². The minimum Gasteiger partial charge on any atom is -0.506 e. The van der Waals surface area contributed by atoms with Crippen LogP contribution in [0.1, 0.15) is 19.4 Å². The van der Waals surface area contributed by atoms with E-state index in [2.05, 4.69) is 46.1 Å². The van der Waals surface area contributed by atoms with Crippen molar-refractivity contribution in [1.29, 1.82) is 0 Å². The zero-order valence-corrected chi connectivity index (χ0v) is 17.9. The van der Waals surface area contributed by atoms with Gasteiger partial charge in [-0.25, -0.2) is 0 Å². The highest BCUT2D eigenvalue weighted by Gasteiger charge is 2.26. The molecule has 0 spiro atoms. The van der Waals surface area contributed by atoms with Crippen molar-refractivity contribution >= 4 is 11.6 Å². The number of rotatable bonds is 4. The second-order valence-corrected chi connectivity index (χ2v) is 8.32. The molecule has 0 unspecified atom stereocenters. The van der Waals surface area contributed by atoms with Crippen LogP contribution in [-0.2, 0) is 5.41 Å². The Morgan fingerprint density at radius 2 is 1.80 bits per heavy atom. The number of guanidine groups is 1. The lowest BCUT2D eigenvalue weighted by Crippen LogP contribution is -2.54. The quantitative estimate of drug-likeness (QED) is 0.597. The number of aromatic hydroxyl groups is 1. The number of anilines is 1. The standard InChI is InChI=1S/C23H30N4O3/c1-23(2,17-8-9-20-21(14-17)30-16-29-20)15-25-22(24-3)27-12-10-26(11-13-27)18-6-4-5-7-19(18)28/h4-9,14,28H,10-13,15-16H2,1-3H3,(H,24,25). The fourth-order valence-electron chi connectivity index (χ4n) is 3.94. The normalized spacial score (nSPS) is 16.7. The Hall–Kier alpha value is -3.09. The number of aliphatic imine (C=N–C) groups is 1. The summed E-state index contributed by atoms with van der Waals surface area (Å²) < 4.78 is 11.0. The zero-order valence-electron chi connectivity index (χ0n) is 17.9. The van der Waals surface area contributed by atoms with Crippen LogP contribution < -0.4 is 19.7 Å². The molecule has 1 saturated heterocycles. The number of para-hydroxylation sites is 2. The first-order valence-electron chi connectivity index (χ1n) is 10.4. The van der Waals surface area contributed by atoms with E-state index in [4.69, 9.17) is 9.47 Å². The molecule has 2 N–H and O–H groups in total. The van der Waals surface area contributed by atoms with Gasteiger partial charge in [0.15, 0.2) is 17.5 Å². The first-order chi connectivity index (χ1) is 14.5. The highest BCUT2D eigenvalue weighted by atomic mass is 16.7. The van der Waals surface area contributed by atoms with Gasteiger partial charge in [-0.15, -0.1) is 0 Å². The van der Waals surface area contributed by atoms with Crippen LogP contribution in [0.3, 0.4) is 0 Å². The van der Waals surface area contributed by atoms with Crippen LogP contribution in [-0.4, -0.2) is 62.5 Å². The third-order valence-corrected chi connectivity index (χ3v) is 5.86. The molecule has 0 radical (unpaired) electrons. The van der Waals surface area contributed by atoms with E-state index in [0.717, 1.165) is 55.9 Å². The van der Waals surface area contributed by atoms with Gasteiger partial charge in [0.1, 0.15) is 5.75 Å². The molecule has 7 heteroatoms. The largest absolute Gasteiger partial charge is 0.506 e. The summed E-state index contributed by atoms with van der Waals surface area (Å²) in [7, 11) is 1.82. The molecule has 0 aromatic heterocycles. The molecule has 0 bridgehead atoms. The average molecular weight is 411 g/mol. The number of nitrogens with zero attached hydrogens (tertiary/aromatic N) is 3. The second-order valence-electron chi connectivity index (χ2n) is 8.32. The first kappa shape index (κ1) is 20.2. The molecule has 2 aliphatic heterocycles. The lowest BCUT2D eigenvalue weighted by atomic mass is 9.84. The maximum Gasteiger partial charge on any atom is 0.231 e. The highest BCUT2D eigenvalue weighted by molar-refractivity contribution is 5.80. The number of phenolic OH excluding ortho intramolecular Hbond substituents is 1. The Morgan fingerprint density at radius 3 is 2.53 bits per heavy atom. The molecule has 160 valence electrons. The van der Waals surface area contributed by atoms with Gasteiger partial charge in [-0.05, 0) is 29.8 Å². The predicted octanol–water partition coefficient (Wildman–Crippen LogP) is 2.80. The van der Waals surface area contributed by atoms with E-state index in [1.165, 1.54) is 5.56 Å². The fourth-order valence-corrected chi connectivity index (χ4v) is 3.94. The van der Waals surface area contributed by atoms with Crippen molar-refractivity contribution in [3.63, 3.8) is 0 Å². The van der Waals surface area contributed by atoms with Gasteiger partial charge in [-0.3, -0.25) is 4.99 Å². The predicted molar refractivity (Wildman–Crippen MR) is 119 cm³/mol. The molecule has 1 fully saturated rings. The minimum absolute atomic E-state index is 0.103. The molecule has 2 aromatic carbocycles. The maximum absolute atomic E-state index is 10.1. The average Bonchev–Trinajstić information content (AvgIpc) is 3.23. The second kappa shape index (κ2) is 8.34. The molecule has 2 aromatic rings. The summed E-state index contributed by atoms with van der Waals surface area (Å²) in [6.07, 6.45) is 0. The molecule has 7 nitrogen and oxygen atoms in total. The van der Waals surface area contributed by atoms with E-state index in [-0.39, 0.29) is 12.2 Å². The number of ether oxygens (including phenoxy) is 2. The van der Waals surface area contributed by atoms with Crippen LogP contribution >= 0.6 is 0 Å². The molecular weight excluding hydrogens is 380 g/mol. The van der Waals surface area contributed by atoms with Gasteiger partial charge in [-0.2, -0.15) is 0 Å². The van der Waals surface area contributed by atoms with Gasteiger partial charge >= 0.3 is 0 Å². The van der Waals surface area contributed by atoms with Crippen LogP contribution in [0.5, 0.6) is 17.2 Å². The molecule has 0 amide bonds. The van der Waals surface area contributed by atoms with E-state index in [1.54, 1.807) is 6.07 Å². The summed E-state index contributed by atoms with van der Waals surface area (Å²) >= 11 is 0. The molecule has 0 aliphatic carbocycles. The van der Waals surface area contributed by atoms with E-state index < -0.39 is 0 Å². The maximum atomic E-state index is 10.1. The molecule has 4 rings (SSSR count). The Bertz CT molecular complexity index is 920. The Kier molecular flexibility index (Phi) is 5.61. The number of benzene rings is 2. The molecule has 2 aliphatic rings. The van der Waals surface area contributed by atoms with Crippen molar-refractivity contribution in [3.05, 3.63) is 48.0 Å². The Morgan fingerprint density at radius 1 is 1.07 bits per heavy atom. The van der Waals surface area contributed by atoms with E-state index in [1.807, 2.05) is 31.3 Å². The van der Waals surface area contributed by atoms with E-state index >= 15 is 0 Å². The molecule has 30 heavy (non-hydrogen) atoms. The number of hydrogen-bond acceptors (Lipinski definition) is 5. The number of phenols is 1. The van der Waals surface area contributed by atoms with Crippen LogP contribution in [0.25, 0.3) is 0 Å². The third kappa shape index (κ3) is 4.10. The van der Waals surface area contributed by atoms with Crippen LogP contribution in [0.2, 0.25) is 0 Å². The van der Waals surface area contributed by atoms with E-state index in [0.29, 0.717) is 5.75 Å². The summed E-state index contributed by atoms with van der Waals surface area (Å²) in [5.74, 6) is 2.85. The Labute approximate surface area is 177 Å². The SMILES string of the molecule is CN=C(NCC(C)(C)c1ccc2c(c1)OCO2)N1CCN(c2ccccc2O)CC1. The molecule has 2 heterocycles. The molecule has 0 atom stereocenters. The lowest BCUT2D eigenvalue weighted by Gasteiger charge is -2.38. The number of fused-ring (bicyclic) bond motifs is 1. The third-order valence-electron chi connectivity index (χ3n) is 5.86. The van der Waals surface area contributed by atoms with Crippen LogP contribution in [0, 0.1) is 0 Å². The Balaban J connectivity index is 1.35. The van der Waals surface area contributed by atoms with Gasteiger partial charge in [-0.1, -0.05) is 32.0 Å². The fraction of sp³-hybridized carbons (Fsp3) is 0.435. The summed E-state index contributed by atoms with van der Waals surface area (Å²) in [6, 6.07) is 13.7. The monoisotopic (exact) mass is 410 g/mol. The molecular formula is C23H30N4O3. The number of piperazine rings is 1. The number of nitrogens with one attached hydrogen (secondary N) is 1. The zero-order chi connectivity index (χ0) is 21.1. The van der Waals surface area contributed by atoms with Crippen molar-refractivity contribution in [3.8, 4) is 17.2 Å². The van der Waals surface area contributed by atoms with Gasteiger partial charge in [0, 0.05) is 45.2 Å². The highest BCUT2D eigenvalue weighted by Crippen LogP contribution is 2.36. The van der Waals surface area contributed by atoms with Gasteiger partial charge in [0.05, 0.1) is 5.69 Å². The first-order valence-corrected chi connectivity index (χ1v) is 10.4. The lowest BCUT2D eigenvalue weighted by molar-refractivity contribution is 0.174. The van der Waals surface area contributed by atoms with Gasteiger partial charge < -0.3 is 29.7 Å².